The van der Waals surface area contributed by atoms with Gasteiger partial charge in [-0.05, 0) is 29.3 Å². The van der Waals surface area contributed by atoms with Gasteiger partial charge in [0.1, 0.15) is 18.5 Å². The Morgan fingerprint density at radius 3 is 2.30 bits per heavy atom. The molecule has 0 aliphatic carbocycles. The molecule has 0 bridgehead atoms. The third-order valence-electron chi connectivity index (χ3n) is 4.80. The second-order valence-corrected chi connectivity index (χ2v) is 6.67. The minimum Gasteiger partial charge on any atom is -0.478 e. The average Bonchev–Trinajstić information content (AvgIpc) is 3.30. The second-order valence-electron chi connectivity index (χ2n) is 6.67. The fraction of sp³-hybridized carbons (Fsp3) is 0.0417. The predicted octanol–water partition coefficient (Wildman–Crippen LogP) is 4.95. The molecular weight excluding hydrogens is 381 g/mol. The van der Waals surface area contributed by atoms with Gasteiger partial charge in [-0.2, -0.15) is 5.10 Å². The first-order valence-electron chi connectivity index (χ1n) is 9.33. The Kier molecular flexibility index (Phi) is 5.48. The molecule has 4 aromatic rings. The maximum Gasteiger partial charge on any atom is 0.336 e. The first kappa shape index (κ1) is 19.3. The standard InChI is InChI=1S/C24H18FN3O2/c25-20-13-7-12-19(24(29)30)23(20)22(18-10-5-2-6-11-18)21(28-16-26-15-27-28)14-17-8-3-1-4-9-17/h1-16,22H,(H,29,30). The summed E-state index contributed by atoms with van der Waals surface area (Å²) >= 11 is 0. The van der Waals surface area contributed by atoms with Gasteiger partial charge in [0.25, 0.3) is 0 Å². The van der Waals surface area contributed by atoms with Gasteiger partial charge < -0.3 is 5.11 Å². The van der Waals surface area contributed by atoms with E-state index >= 15 is 4.39 Å². The van der Waals surface area contributed by atoms with Crippen molar-refractivity contribution in [3.8, 4) is 0 Å². The molecule has 1 N–H and O–H groups in total. The maximum absolute atomic E-state index is 15.2. The van der Waals surface area contributed by atoms with E-state index in [9.17, 15) is 9.90 Å². The summed E-state index contributed by atoms with van der Waals surface area (Å²) in [6, 6.07) is 22.8. The summed E-state index contributed by atoms with van der Waals surface area (Å²) in [6.07, 6.45) is 4.77. The molecule has 30 heavy (non-hydrogen) atoms. The van der Waals surface area contributed by atoms with Crippen LogP contribution in [0, 0.1) is 5.82 Å². The highest BCUT2D eigenvalue weighted by Crippen LogP contribution is 2.38. The highest BCUT2D eigenvalue weighted by Gasteiger charge is 2.29. The Bertz CT molecular complexity index is 1170. The van der Waals surface area contributed by atoms with Gasteiger partial charge in [-0.3, -0.25) is 0 Å². The lowest BCUT2D eigenvalue weighted by Gasteiger charge is -2.24. The van der Waals surface area contributed by atoms with E-state index in [-0.39, 0.29) is 11.1 Å². The molecule has 1 aromatic heterocycles. The van der Waals surface area contributed by atoms with Crippen LogP contribution in [0.1, 0.15) is 33.0 Å². The molecule has 1 atom stereocenters. The predicted molar refractivity (Wildman–Crippen MR) is 112 cm³/mol. The number of hydrogen-bond donors (Lipinski definition) is 1. The highest BCUT2D eigenvalue weighted by molar-refractivity contribution is 5.91. The van der Waals surface area contributed by atoms with Crippen molar-refractivity contribution in [2.75, 3.05) is 0 Å². The summed E-state index contributed by atoms with van der Waals surface area (Å²) in [4.78, 5) is 16.0. The molecule has 0 saturated heterocycles. The van der Waals surface area contributed by atoms with E-state index in [0.717, 1.165) is 11.1 Å². The minimum atomic E-state index is -1.19. The van der Waals surface area contributed by atoms with E-state index in [4.69, 9.17) is 0 Å². The number of hydrogen-bond acceptors (Lipinski definition) is 3. The average molecular weight is 399 g/mol. The lowest BCUT2D eigenvalue weighted by atomic mass is 9.84. The number of aromatic nitrogens is 3. The molecule has 5 nitrogen and oxygen atoms in total. The molecule has 1 heterocycles. The van der Waals surface area contributed by atoms with Gasteiger partial charge in [-0.15, -0.1) is 0 Å². The maximum atomic E-state index is 15.2. The van der Waals surface area contributed by atoms with Gasteiger partial charge in [0.15, 0.2) is 0 Å². The van der Waals surface area contributed by atoms with E-state index in [0.29, 0.717) is 5.70 Å². The smallest absolute Gasteiger partial charge is 0.336 e. The SMILES string of the molecule is O=C(O)c1cccc(F)c1C(C(=Cc1ccccc1)n1cncn1)c1ccccc1. The quantitative estimate of drug-likeness (QED) is 0.498. The fourth-order valence-corrected chi connectivity index (χ4v) is 3.49. The van der Waals surface area contributed by atoms with Gasteiger partial charge in [-0.25, -0.2) is 18.9 Å². The van der Waals surface area contributed by atoms with Crippen LogP contribution >= 0.6 is 0 Å². The van der Waals surface area contributed by atoms with Crippen LogP contribution < -0.4 is 0 Å². The van der Waals surface area contributed by atoms with E-state index in [1.165, 1.54) is 30.9 Å². The van der Waals surface area contributed by atoms with Crippen LogP contribution in [0.3, 0.4) is 0 Å². The minimum absolute atomic E-state index is 0.0777. The van der Waals surface area contributed by atoms with Crippen molar-refractivity contribution < 1.29 is 14.3 Å². The van der Waals surface area contributed by atoms with Crippen molar-refractivity contribution in [3.63, 3.8) is 0 Å². The number of allylic oxidation sites excluding steroid dienone is 1. The Morgan fingerprint density at radius 1 is 0.967 bits per heavy atom. The summed E-state index contributed by atoms with van der Waals surface area (Å²) in [5, 5.41) is 14.0. The number of halogens is 1. The summed E-state index contributed by atoms with van der Waals surface area (Å²) in [5.41, 5.74) is 2.18. The zero-order valence-electron chi connectivity index (χ0n) is 15.9. The number of nitrogens with zero attached hydrogens (tertiary/aromatic N) is 3. The summed E-state index contributed by atoms with van der Waals surface area (Å²) in [7, 11) is 0. The largest absolute Gasteiger partial charge is 0.478 e. The van der Waals surface area contributed by atoms with Crippen molar-refractivity contribution >= 4 is 17.7 Å². The number of benzene rings is 3. The molecule has 3 aromatic carbocycles. The molecule has 6 heteroatoms. The number of carboxylic acid groups (broad SMARTS) is 1. The van der Waals surface area contributed by atoms with Crippen molar-refractivity contribution in [2.24, 2.45) is 0 Å². The number of carbonyl (C=O) groups is 1. The number of rotatable bonds is 6. The summed E-state index contributed by atoms with van der Waals surface area (Å²) in [6.45, 7) is 0. The van der Waals surface area contributed by atoms with Crippen LogP contribution in [-0.4, -0.2) is 25.8 Å². The van der Waals surface area contributed by atoms with E-state index in [1.807, 2.05) is 66.7 Å². The fourth-order valence-electron chi connectivity index (χ4n) is 3.49. The van der Waals surface area contributed by atoms with E-state index < -0.39 is 17.7 Å². The van der Waals surface area contributed by atoms with Crippen LogP contribution in [0.15, 0.2) is 91.5 Å². The molecular formula is C24H18FN3O2. The van der Waals surface area contributed by atoms with Crippen LogP contribution in [-0.2, 0) is 0 Å². The van der Waals surface area contributed by atoms with Gasteiger partial charge in [0.2, 0.25) is 0 Å². The van der Waals surface area contributed by atoms with Crippen LogP contribution in [0.5, 0.6) is 0 Å². The molecule has 0 aliphatic rings. The first-order valence-corrected chi connectivity index (χ1v) is 9.33. The van der Waals surface area contributed by atoms with Crippen molar-refractivity contribution in [3.05, 3.63) is 120 Å². The molecule has 0 aliphatic heterocycles. The van der Waals surface area contributed by atoms with Crippen LogP contribution in [0.2, 0.25) is 0 Å². The second kappa shape index (κ2) is 8.53. The van der Waals surface area contributed by atoms with Crippen LogP contribution in [0.4, 0.5) is 4.39 Å². The van der Waals surface area contributed by atoms with Gasteiger partial charge in [-0.1, -0.05) is 66.7 Å². The Balaban J connectivity index is 2.03. The zero-order valence-corrected chi connectivity index (χ0v) is 15.9. The summed E-state index contributed by atoms with van der Waals surface area (Å²) < 4.78 is 16.7. The molecule has 148 valence electrons. The topological polar surface area (TPSA) is 68.0 Å². The monoisotopic (exact) mass is 399 g/mol. The number of aromatic carboxylic acids is 1. The molecule has 0 amide bonds. The number of carboxylic acids is 1. The Labute approximate surface area is 172 Å². The van der Waals surface area contributed by atoms with Crippen molar-refractivity contribution in [1.29, 1.82) is 0 Å². The first-order chi connectivity index (χ1) is 14.6. The third kappa shape index (κ3) is 3.89. The molecule has 0 radical (unpaired) electrons. The Hall–Kier alpha value is -4.06. The lowest BCUT2D eigenvalue weighted by molar-refractivity contribution is 0.0695. The molecule has 0 spiro atoms. The van der Waals surface area contributed by atoms with Crippen molar-refractivity contribution in [1.82, 2.24) is 14.8 Å². The van der Waals surface area contributed by atoms with E-state index in [2.05, 4.69) is 10.1 Å². The van der Waals surface area contributed by atoms with Gasteiger partial charge >= 0.3 is 5.97 Å². The molecule has 1 unspecified atom stereocenters. The van der Waals surface area contributed by atoms with E-state index in [1.54, 1.807) is 4.68 Å². The summed E-state index contributed by atoms with van der Waals surface area (Å²) in [5.74, 6) is -2.51. The Morgan fingerprint density at radius 2 is 1.67 bits per heavy atom. The van der Waals surface area contributed by atoms with Gasteiger partial charge in [0, 0.05) is 5.56 Å². The van der Waals surface area contributed by atoms with Crippen molar-refractivity contribution in [2.45, 2.75) is 5.92 Å². The molecule has 0 fully saturated rings. The van der Waals surface area contributed by atoms with Crippen LogP contribution in [0.25, 0.3) is 11.8 Å². The lowest BCUT2D eigenvalue weighted by Crippen LogP contribution is -2.16. The van der Waals surface area contributed by atoms with Gasteiger partial charge in [0.05, 0.1) is 17.2 Å². The normalized spacial score (nSPS) is 12.5. The molecule has 0 saturated carbocycles. The highest BCUT2D eigenvalue weighted by atomic mass is 19.1. The zero-order chi connectivity index (χ0) is 20.9. The third-order valence-corrected chi connectivity index (χ3v) is 4.80. The molecule has 4 rings (SSSR count).